The van der Waals surface area contributed by atoms with Crippen LogP contribution in [0, 0.1) is 11.7 Å². The highest BCUT2D eigenvalue weighted by molar-refractivity contribution is 9.10. The Balaban J connectivity index is 2.58. The monoisotopic (exact) mass is 361 g/mol. The van der Waals surface area contributed by atoms with Crippen molar-refractivity contribution in [1.82, 2.24) is 5.32 Å². The van der Waals surface area contributed by atoms with Crippen LogP contribution in [-0.4, -0.2) is 24.1 Å². The Kier molecular flexibility index (Phi) is 8.82. The molecular weight excluding hydrogens is 337 g/mol. The second kappa shape index (κ2) is 9.80. The molecule has 0 heterocycles. The summed E-state index contributed by atoms with van der Waals surface area (Å²) >= 11 is 5.26. The van der Waals surface area contributed by atoms with Gasteiger partial charge in [-0.1, -0.05) is 42.8 Å². The number of hydrogen-bond donors (Lipinski definition) is 1. The molecule has 4 heteroatoms. The normalized spacial score (nSPS) is 12.9. The molecule has 1 rings (SSSR count). The fourth-order valence-corrected chi connectivity index (χ4v) is 3.40. The zero-order chi connectivity index (χ0) is 15.0. The van der Waals surface area contributed by atoms with Crippen molar-refractivity contribution in [3.8, 4) is 0 Å². The molecule has 0 fully saturated rings. The summed E-state index contributed by atoms with van der Waals surface area (Å²) in [7, 11) is 0. The first-order valence-corrected chi connectivity index (χ1v) is 9.22. The van der Waals surface area contributed by atoms with Crippen LogP contribution in [0.25, 0.3) is 0 Å². The van der Waals surface area contributed by atoms with Crippen LogP contribution < -0.4 is 5.32 Å². The highest BCUT2D eigenvalue weighted by Gasteiger charge is 2.12. The third-order valence-corrected chi connectivity index (χ3v) is 4.97. The summed E-state index contributed by atoms with van der Waals surface area (Å²) in [5, 5.41) is 3.53. The Bertz CT molecular complexity index is 398. The molecule has 0 aromatic heterocycles. The molecule has 0 saturated carbocycles. The van der Waals surface area contributed by atoms with E-state index in [-0.39, 0.29) is 5.82 Å². The maximum Gasteiger partial charge on any atom is 0.127 e. The smallest absolute Gasteiger partial charge is 0.127 e. The summed E-state index contributed by atoms with van der Waals surface area (Å²) in [6.07, 6.45) is 1.86. The number of nitrogens with one attached hydrogen (secondary N) is 1. The minimum atomic E-state index is -0.114. The van der Waals surface area contributed by atoms with Crippen LogP contribution in [0.2, 0.25) is 0 Å². The molecule has 1 aromatic rings. The largest absolute Gasteiger partial charge is 0.313 e. The van der Waals surface area contributed by atoms with Crippen LogP contribution in [0.4, 0.5) is 4.39 Å². The van der Waals surface area contributed by atoms with Gasteiger partial charge in [-0.05, 0) is 48.8 Å². The van der Waals surface area contributed by atoms with Crippen LogP contribution in [-0.2, 0) is 6.42 Å². The molecule has 1 nitrogen and oxygen atoms in total. The Morgan fingerprint density at radius 1 is 1.30 bits per heavy atom. The average molecular weight is 362 g/mol. The molecular formula is C16H25BrFNS. The van der Waals surface area contributed by atoms with Gasteiger partial charge in [0, 0.05) is 16.3 Å². The van der Waals surface area contributed by atoms with Crippen molar-refractivity contribution in [2.75, 3.05) is 18.1 Å². The van der Waals surface area contributed by atoms with Crippen LogP contribution in [0.1, 0.15) is 32.8 Å². The van der Waals surface area contributed by atoms with E-state index in [9.17, 15) is 4.39 Å². The van der Waals surface area contributed by atoms with E-state index in [0.29, 0.717) is 12.0 Å². The molecule has 0 saturated heterocycles. The average Bonchev–Trinajstić information content (AvgIpc) is 2.38. The molecule has 0 amide bonds. The highest BCUT2D eigenvalue weighted by atomic mass is 79.9. The van der Waals surface area contributed by atoms with Gasteiger partial charge in [-0.2, -0.15) is 11.8 Å². The van der Waals surface area contributed by atoms with E-state index in [2.05, 4.69) is 42.0 Å². The second-order valence-electron chi connectivity index (χ2n) is 5.52. The summed E-state index contributed by atoms with van der Waals surface area (Å²) in [4.78, 5) is 0. The molecule has 0 bridgehead atoms. The zero-order valence-corrected chi connectivity index (χ0v) is 15.0. The first kappa shape index (κ1) is 18.0. The van der Waals surface area contributed by atoms with E-state index in [1.165, 1.54) is 0 Å². The van der Waals surface area contributed by atoms with Crippen molar-refractivity contribution >= 4 is 27.7 Å². The van der Waals surface area contributed by atoms with E-state index < -0.39 is 0 Å². The van der Waals surface area contributed by atoms with Gasteiger partial charge < -0.3 is 5.32 Å². The summed E-state index contributed by atoms with van der Waals surface area (Å²) in [6, 6.07) is 5.69. The van der Waals surface area contributed by atoms with Crippen molar-refractivity contribution in [1.29, 1.82) is 0 Å². The van der Waals surface area contributed by atoms with Crippen LogP contribution >= 0.6 is 27.7 Å². The zero-order valence-electron chi connectivity index (χ0n) is 12.6. The maximum atomic E-state index is 13.9. The van der Waals surface area contributed by atoms with E-state index >= 15 is 0 Å². The molecule has 20 heavy (non-hydrogen) atoms. The highest BCUT2D eigenvalue weighted by Crippen LogP contribution is 2.18. The fourth-order valence-electron chi connectivity index (χ4n) is 1.94. The lowest BCUT2D eigenvalue weighted by molar-refractivity contribution is 0.530. The predicted octanol–water partition coefficient (Wildman–Crippen LogP) is 4.89. The topological polar surface area (TPSA) is 12.0 Å². The molecule has 1 N–H and O–H groups in total. The number of benzene rings is 1. The molecule has 0 aliphatic heterocycles. The Morgan fingerprint density at radius 3 is 2.65 bits per heavy atom. The minimum Gasteiger partial charge on any atom is -0.313 e. The third kappa shape index (κ3) is 7.09. The van der Waals surface area contributed by atoms with Crippen LogP contribution in [0.15, 0.2) is 22.7 Å². The van der Waals surface area contributed by atoms with Gasteiger partial charge in [-0.25, -0.2) is 4.39 Å². The van der Waals surface area contributed by atoms with E-state index in [0.717, 1.165) is 40.9 Å². The molecule has 1 unspecified atom stereocenters. The van der Waals surface area contributed by atoms with Crippen molar-refractivity contribution in [3.05, 3.63) is 34.1 Å². The first-order valence-electron chi connectivity index (χ1n) is 7.28. The number of hydrogen-bond acceptors (Lipinski definition) is 2. The molecule has 1 atom stereocenters. The van der Waals surface area contributed by atoms with Crippen molar-refractivity contribution in [3.63, 3.8) is 0 Å². The molecule has 0 aliphatic carbocycles. The summed E-state index contributed by atoms with van der Waals surface area (Å²) in [5.74, 6) is 2.79. The van der Waals surface area contributed by atoms with Gasteiger partial charge in [0.05, 0.1) is 0 Å². The Morgan fingerprint density at radius 2 is 2.05 bits per heavy atom. The summed E-state index contributed by atoms with van der Waals surface area (Å²) in [6.45, 7) is 7.61. The summed E-state index contributed by atoms with van der Waals surface area (Å²) in [5.41, 5.74) is 0.798. The van der Waals surface area contributed by atoms with Crippen molar-refractivity contribution < 1.29 is 4.39 Å². The van der Waals surface area contributed by atoms with Gasteiger partial charge in [0.2, 0.25) is 0 Å². The first-order chi connectivity index (χ1) is 9.52. The lowest BCUT2D eigenvalue weighted by Crippen LogP contribution is -2.34. The standard InChI is InChI=1S/C16H25BrFNS/c1-4-7-19-15(11-20-10-12(2)3)8-13-5-6-14(17)9-16(13)18/h5-6,9,12,15,19H,4,7-8,10-11H2,1-3H3. The number of halogens is 2. The SMILES string of the molecule is CCCNC(CSCC(C)C)Cc1ccc(Br)cc1F. The third-order valence-electron chi connectivity index (χ3n) is 2.93. The van der Waals surface area contributed by atoms with Crippen LogP contribution in [0.3, 0.4) is 0 Å². The van der Waals surface area contributed by atoms with Crippen molar-refractivity contribution in [2.45, 2.75) is 39.7 Å². The second-order valence-corrected chi connectivity index (χ2v) is 7.51. The van der Waals surface area contributed by atoms with Gasteiger partial charge >= 0.3 is 0 Å². The fraction of sp³-hybridized carbons (Fsp3) is 0.625. The molecule has 114 valence electrons. The predicted molar refractivity (Wildman–Crippen MR) is 92.0 cm³/mol. The number of rotatable bonds is 9. The van der Waals surface area contributed by atoms with Gasteiger partial charge in [0.15, 0.2) is 0 Å². The number of thioether (sulfide) groups is 1. The Hall–Kier alpha value is -0.0600. The van der Waals surface area contributed by atoms with Gasteiger partial charge in [0.25, 0.3) is 0 Å². The molecule has 0 radical (unpaired) electrons. The Labute approximate surface area is 135 Å². The van der Waals surface area contributed by atoms with E-state index in [4.69, 9.17) is 0 Å². The molecule has 0 spiro atoms. The van der Waals surface area contributed by atoms with Gasteiger partial charge in [-0.15, -0.1) is 0 Å². The summed E-state index contributed by atoms with van der Waals surface area (Å²) < 4.78 is 14.7. The van der Waals surface area contributed by atoms with E-state index in [1.54, 1.807) is 6.07 Å². The quantitative estimate of drug-likeness (QED) is 0.671. The van der Waals surface area contributed by atoms with E-state index in [1.807, 2.05) is 23.9 Å². The maximum absolute atomic E-state index is 13.9. The van der Waals surface area contributed by atoms with Gasteiger partial charge in [-0.3, -0.25) is 0 Å². The molecule has 0 aliphatic rings. The minimum absolute atomic E-state index is 0.114. The lowest BCUT2D eigenvalue weighted by atomic mass is 10.1. The van der Waals surface area contributed by atoms with Crippen LogP contribution in [0.5, 0.6) is 0 Å². The molecule has 1 aromatic carbocycles. The van der Waals surface area contributed by atoms with Gasteiger partial charge in [0.1, 0.15) is 5.82 Å². The van der Waals surface area contributed by atoms with Crippen molar-refractivity contribution in [2.24, 2.45) is 5.92 Å². The lowest BCUT2D eigenvalue weighted by Gasteiger charge is -2.19.